The monoisotopic (exact) mass is 220 g/mol. The van der Waals surface area contributed by atoms with Gasteiger partial charge in [-0.15, -0.1) is 0 Å². The van der Waals surface area contributed by atoms with E-state index < -0.39 is 11.9 Å². The molecule has 1 heterocycles. The maximum Gasteiger partial charge on any atom is 0.306 e. The second kappa shape index (κ2) is 8.19. The van der Waals surface area contributed by atoms with Crippen LogP contribution in [0, 0.1) is 0 Å². The Morgan fingerprint density at radius 2 is 2.00 bits per heavy atom. The largest absolute Gasteiger partial charge is 0.481 e. The number of esters is 1. The number of aliphatic hydroxyl groups is 1. The summed E-state index contributed by atoms with van der Waals surface area (Å²) in [5, 5.41) is 16.3. The van der Waals surface area contributed by atoms with Crippen molar-refractivity contribution < 1.29 is 29.3 Å². The highest BCUT2D eigenvalue weighted by molar-refractivity contribution is 5.76. The zero-order valence-corrected chi connectivity index (χ0v) is 8.64. The number of epoxide rings is 1. The summed E-state index contributed by atoms with van der Waals surface area (Å²) in [7, 11) is 0. The predicted molar refractivity (Wildman–Crippen MR) is 50.3 cm³/mol. The molecule has 88 valence electrons. The number of carboxylic acids is 1. The maximum absolute atomic E-state index is 10.5. The molecule has 0 aromatic carbocycles. The Balaban J connectivity index is 0.000000401. The van der Waals surface area contributed by atoms with Crippen LogP contribution >= 0.6 is 0 Å². The Bertz CT molecular complexity index is 199. The molecule has 1 rings (SSSR count). The highest BCUT2D eigenvalue weighted by Crippen LogP contribution is 2.04. The lowest BCUT2D eigenvalue weighted by Crippen LogP contribution is -2.10. The Morgan fingerprint density at radius 1 is 1.47 bits per heavy atom. The first-order chi connectivity index (χ1) is 7.06. The van der Waals surface area contributed by atoms with Gasteiger partial charge in [0, 0.05) is 0 Å². The molecule has 15 heavy (non-hydrogen) atoms. The highest BCUT2D eigenvalue weighted by atomic mass is 16.6. The number of rotatable bonds is 5. The quantitative estimate of drug-likeness (QED) is 0.491. The first-order valence-corrected chi connectivity index (χ1v) is 4.66. The lowest BCUT2D eigenvalue weighted by molar-refractivity contribution is -0.148. The van der Waals surface area contributed by atoms with Gasteiger partial charge in [-0.25, -0.2) is 0 Å². The van der Waals surface area contributed by atoms with Gasteiger partial charge in [-0.3, -0.25) is 9.59 Å². The van der Waals surface area contributed by atoms with Gasteiger partial charge in [0.05, 0.1) is 32.2 Å². The number of aliphatic hydroxyl groups excluding tert-OH is 1. The van der Waals surface area contributed by atoms with E-state index in [4.69, 9.17) is 14.9 Å². The molecule has 1 atom stereocenters. The standard InChI is InChI=1S/C6H10O5.C3H6O/c7-3-4-11-6(10)2-1-5(8)9;1-3-2-4-3/h7H,1-4H2,(H,8,9);3H,2H2,1H3. The van der Waals surface area contributed by atoms with Gasteiger partial charge < -0.3 is 19.7 Å². The zero-order valence-electron chi connectivity index (χ0n) is 8.64. The Hall–Kier alpha value is -1.14. The molecule has 0 amide bonds. The van der Waals surface area contributed by atoms with Crippen molar-refractivity contribution >= 4 is 11.9 Å². The van der Waals surface area contributed by atoms with Crippen molar-refractivity contribution in [2.45, 2.75) is 25.9 Å². The fourth-order valence-corrected chi connectivity index (χ4v) is 0.537. The minimum absolute atomic E-state index is 0.0710. The molecule has 1 unspecified atom stereocenters. The molecule has 0 bridgehead atoms. The molecule has 6 nitrogen and oxygen atoms in total. The smallest absolute Gasteiger partial charge is 0.306 e. The number of aliphatic carboxylic acids is 1. The molecule has 0 radical (unpaired) electrons. The Morgan fingerprint density at radius 3 is 2.33 bits per heavy atom. The van der Waals surface area contributed by atoms with Crippen LogP contribution in [0.25, 0.3) is 0 Å². The van der Waals surface area contributed by atoms with E-state index in [0.717, 1.165) is 6.61 Å². The van der Waals surface area contributed by atoms with Crippen LogP contribution in [0.3, 0.4) is 0 Å². The first kappa shape index (κ1) is 13.9. The Kier molecular flexibility index (Phi) is 7.57. The van der Waals surface area contributed by atoms with E-state index in [-0.39, 0.29) is 26.1 Å². The van der Waals surface area contributed by atoms with Crippen LogP contribution < -0.4 is 0 Å². The van der Waals surface area contributed by atoms with Crippen LogP contribution in [-0.4, -0.2) is 48.1 Å². The van der Waals surface area contributed by atoms with Crippen LogP contribution in [0.5, 0.6) is 0 Å². The maximum atomic E-state index is 10.5. The topological polar surface area (TPSA) is 96.4 Å². The van der Waals surface area contributed by atoms with Gasteiger partial charge in [0.15, 0.2) is 0 Å². The van der Waals surface area contributed by atoms with Crippen molar-refractivity contribution in [3.8, 4) is 0 Å². The van der Waals surface area contributed by atoms with Crippen molar-refractivity contribution in [2.75, 3.05) is 19.8 Å². The van der Waals surface area contributed by atoms with Gasteiger partial charge in [0.25, 0.3) is 0 Å². The molecule has 1 aliphatic heterocycles. The predicted octanol–water partition coefficient (Wildman–Crippen LogP) is -0.208. The summed E-state index contributed by atoms with van der Waals surface area (Å²) < 4.78 is 9.10. The molecular weight excluding hydrogens is 204 g/mol. The highest BCUT2D eigenvalue weighted by Gasteiger charge is 2.13. The van der Waals surface area contributed by atoms with Crippen LogP contribution in [0.4, 0.5) is 0 Å². The van der Waals surface area contributed by atoms with E-state index in [0.29, 0.717) is 6.10 Å². The van der Waals surface area contributed by atoms with Gasteiger partial charge in [-0.2, -0.15) is 0 Å². The van der Waals surface area contributed by atoms with Gasteiger partial charge in [-0.1, -0.05) is 0 Å². The fraction of sp³-hybridized carbons (Fsp3) is 0.778. The van der Waals surface area contributed by atoms with Gasteiger partial charge >= 0.3 is 11.9 Å². The second-order valence-electron chi connectivity index (χ2n) is 2.98. The molecule has 1 fully saturated rings. The molecule has 0 aliphatic carbocycles. The normalized spacial score (nSPS) is 17.3. The van der Waals surface area contributed by atoms with Gasteiger partial charge in [-0.05, 0) is 6.92 Å². The van der Waals surface area contributed by atoms with Crippen LogP contribution in [-0.2, 0) is 19.1 Å². The van der Waals surface area contributed by atoms with Crippen LogP contribution in [0.15, 0.2) is 0 Å². The van der Waals surface area contributed by atoms with Crippen molar-refractivity contribution in [3.05, 3.63) is 0 Å². The van der Waals surface area contributed by atoms with Gasteiger partial charge in [0.2, 0.25) is 0 Å². The van der Waals surface area contributed by atoms with Crippen molar-refractivity contribution in [1.82, 2.24) is 0 Å². The minimum Gasteiger partial charge on any atom is -0.481 e. The number of hydrogen-bond donors (Lipinski definition) is 2. The Labute approximate surface area is 87.8 Å². The molecule has 6 heteroatoms. The number of carbonyl (C=O) groups excluding carboxylic acids is 1. The fourth-order valence-electron chi connectivity index (χ4n) is 0.537. The number of ether oxygens (including phenoxy) is 2. The third-order valence-corrected chi connectivity index (χ3v) is 1.40. The summed E-state index contributed by atoms with van der Waals surface area (Å²) in [6, 6.07) is 0. The molecule has 0 aromatic rings. The van der Waals surface area contributed by atoms with Crippen molar-refractivity contribution in [3.63, 3.8) is 0 Å². The summed E-state index contributed by atoms with van der Waals surface area (Å²) in [6.07, 6.45) is 0.208. The molecule has 2 N–H and O–H groups in total. The molecule has 0 spiro atoms. The first-order valence-electron chi connectivity index (χ1n) is 4.66. The summed E-state index contributed by atoms with van der Waals surface area (Å²) in [4.78, 5) is 20.4. The molecule has 0 aromatic heterocycles. The minimum atomic E-state index is -1.04. The zero-order chi connectivity index (χ0) is 11.7. The molecule has 1 saturated heterocycles. The molecule has 1 aliphatic rings. The van der Waals surface area contributed by atoms with E-state index >= 15 is 0 Å². The van der Waals surface area contributed by atoms with E-state index in [2.05, 4.69) is 11.7 Å². The van der Waals surface area contributed by atoms with E-state index in [1.54, 1.807) is 0 Å². The number of hydrogen-bond acceptors (Lipinski definition) is 5. The average Bonchev–Trinajstić information content (AvgIpc) is 2.95. The lowest BCUT2D eigenvalue weighted by Gasteiger charge is -1.99. The average molecular weight is 220 g/mol. The second-order valence-corrected chi connectivity index (χ2v) is 2.98. The summed E-state index contributed by atoms with van der Waals surface area (Å²) in [6.45, 7) is 2.73. The SMILES string of the molecule is CC1CO1.O=C(O)CCC(=O)OCCO. The van der Waals surface area contributed by atoms with Gasteiger partial charge in [0.1, 0.15) is 6.61 Å². The summed E-state index contributed by atoms with van der Waals surface area (Å²) >= 11 is 0. The summed E-state index contributed by atoms with van der Waals surface area (Å²) in [5.74, 6) is -1.63. The van der Waals surface area contributed by atoms with Crippen LogP contribution in [0.2, 0.25) is 0 Å². The third-order valence-electron chi connectivity index (χ3n) is 1.40. The molecular formula is C9H16O6. The van der Waals surface area contributed by atoms with Crippen LogP contribution in [0.1, 0.15) is 19.8 Å². The summed E-state index contributed by atoms with van der Waals surface area (Å²) in [5.41, 5.74) is 0. The van der Waals surface area contributed by atoms with Crippen molar-refractivity contribution in [2.24, 2.45) is 0 Å². The molecule has 0 saturated carbocycles. The number of carbonyl (C=O) groups is 2. The van der Waals surface area contributed by atoms with E-state index in [1.807, 2.05) is 0 Å². The third kappa shape index (κ3) is 12.9. The lowest BCUT2D eigenvalue weighted by atomic mass is 10.3. The number of carboxylic acid groups (broad SMARTS) is 1. The van der Waals surface area contributed by atoms with E-state index in [9.17, 15) is 9.59 Å². The van der Waals surface area contributed by atoms with Crippen molar-refractivity contribution in [1.29, 1.82) is 0 Å². The van der Waals surface area contributed by atoms with E-state index in [1.165, 1.54) is 0 Å².